The fourth-order valence-electron chi connectivity index (χ4n) is 3.27. The van der Waals surface area contributed by atoms with Gasteiger partial charge in [-0.05, 0) is 17.0 Å². The van der Waals surface area contributed by atoms with Crippen LogP contribution >= 0.6 is 37.2 Å². The van der Waals surface area contributed by atoms with Crippen LogP contribution in [0.2, 0.25) is 0 Å². The summed E-state index contributed by atoms with van der Waals surface area (Å²) < 4.78 is 0. The quantitative estimate of drug-likeness (QED) is 0.239. The molecule has 0 aliphatic carbocycles. The van der Waals surface area contributed by atoms with Crippen LogP contribution < -0.4 is 0 Å². The molecule has 0 atom stereocenters. The van der Waals surface area contributed by atoms with Crippen LogP contribution in [0.4, 0.5) is 0 Å². The molecule has 0 bridgehead atoms. The van der Waals surface area contributed by atoms with E-state index in [0.717, 1.165) is 0 Å². The third kappa shape index (κ3) is 4.97. The van der Waals surface area contributed by atoms with Crippen LogP contribution in [0.5, 0.6) is 0 Å². The number of hydrogen-bond donors (Lipinski definition) is 0. The van der Waals surface area contributed by atoms with Crippen LogP contribution in [0.25, 0.3) is 10.8 Å². The fraction of sp³-hybridized carbons (Fsp3) is 0.0455. The van der Waals surface area contributed by atoms with E-state index in [0.29, 0.717) is 0 Å². The third-order valence-electron chi connectivity index (χ3n) is 4.29. The van der Waals surface area contributed by atoms with Gasteiger partial charge in [0.15, 0.2) is 0 Å². The fourth-order valence-corrected chi connectivity index (χ4v) is 3.27. The molecule has 0 heterocycles. The maximum Gasteiger partial charge on any atom is 0 e. The Morgan fingerprint density at radius 1 is 0.538 bits per heavy atom. The Hall–Kier alpha value is -1.15. The van der Waals surface area contributed by atoms with Crippen molar-refractivity contribution < 1.29 is 21.7 Å². The Morgan fingerprint density at radius 2 is 1.00 bits per heavy atom. The van der Waals surface area contributed by atoms with Crippen molar-refractivity contribution in [2.24, 2.45) is 0 Å². The van der Waals surface area contributed by atoms with Gasteiger partial charge in [0.25, 0.3) is 0 Å². The molecule has 0 fully saturated rings. The summed E-state index contributed by atoms with van der Waals surface area (Å²) >= 11 is 0. The van der Waals surface area contributed by atoms with Gasteiger partial charge in [-0.2, -0.15) is 6.07 Å². The molecule has 26 heavy (non-hydrogen) atoms. The molecule has 0 aromatic heterocycles. The predicted molar refractivity (Wildman–Crippen MR) is 115 cm³/mol. The van der Waals surface area contributed by atoms with Crippen molar-refractivity contribution in [1.82, 2.24) is 0 Å². The van der Waals surface area contributed by atoms with E-state index < -0.39 is 0 Å². The van der Waals surface area contributed by atoms with Gasteiger partial charge in [0, 0.05) is 21.7 Å². The first-order valence-corrected chi connectivity index (χ1v) is 7.68. The molecule has 4 aromatic rings. The zero-order chi connectivity index (χ0) is 14.8. The summed E-state index contributed by atoms with van der Waals surface area (Å²) in [5, 5.41) is 2.66. The van der Waals surface area contributed by atoms with E-state index in [1.165, 1.54) is 27.5 Å². The van der Waals surface area contributed by atoms with E-state index in [1.807, 2.05) is 0 Å². The molecule has 0 N–H and O–H groups in total. The van der Waals surface area contributed by atoms with Gasteiger partial charge < -0.3 is 0 Å². The van der Waals surface area contributed by atoms with Gasteiger partial charge in [0.1, 0.15) is 0 Å². The van der Waals surface area contributed by atoms with E-state index >= 15 is 0 Å². The van der Waals surface area contributed by atoms with Crippen LogP contribution in [0.15, 0.2) is 97.1 Å². The van der Waals surface area contributed by atoms with E-state index in [2.05, 4.69) is 97.1 Å². The molecular weight excluding hydrogens is 418 g/mol. The molecule has 0 saturated heterocycles. The summed E-state index contributed by atoms with van der Waals surface area (Å²) in [6.07, 6.45) is 0. The van der Waals surface area contributed by atoms with Gasteiger partial charge >= 0.3 is 0 Å². The van der Waals surface area contributed by atoms with Crippen molar-refractivity contribution in [2.75, 3.05) is 0 Å². The van der Waals surface area contributed by atoms with Gasteiger partial charge in [-0.15, -0.1) is 77.8 Å². The molecule has 0 aliphatic rings. The number of fused-ring (bicyclic) bond motifs is 1. The molecule has 0 unspecified atom stereocenters. The van der Waals surface area contributed by atoms with Gasteiger partial charge in [-0.1, -0.05) is 66.7 Å². The van der Waals surface area contributed by atoms with Crippen molar-refractivity contribution >= 4 is 48.0 Å². The Kier molecular flexibility index (Phi) is 11.0. The summed E-state index contributed by atoms with van der Waals surface area (Å²) in [6, 6.07) is 34.7. The number of halogens is 3. The summed E-state index contributed by atoms with van der Waals surface area (Å²) in [6.45, 7) is 0. The first kappa shape index (κ1) is 24.9. The monoisotopic (exact) mass is 437 g/mol. The predicted octanol–water partition coefficient (Wildman–Crippen LogP) is 7.00. The van der Waals surface area contributed by atoms with Gasteiger partial charge in [0.2, 0.25) is 0 Å². The number of benzene rings is 3. The summed E-state index contributed by atoms with van der Waals surface area (Å²) in [5.74, 6) is 0.280. The van der Waals surface area contributed by atoms with E-state index in [1.54, 1.807) is 0 Å². The van der Waals surface area contributed by atoms with Gasteiger partial charge in [0.05, 0.1) is 0 Å². The normalized spacial score (nSPS) is 9.42. The van der Waals surface area contributed by atoms with Crippen LogP contribution in [-0.2, 0) is 21.7 Å². The standard InChI is InChI=1S/C22H17.3ClH.Ti/c1-3-10-18(11-4-1)22(19-12-5-2-6-13-19)21-16-15-17-9-7-8-14-20(17)21;;;;/h1-16,22H;3*1H;/q-1;;;;. The molecule has 0 spiro atoms. The average molecular weight is 439 g/mol. The average Bonchev–Trinajstić information content (AvgIpc) is 3.01. The molecule has 0 aliphatic heterocycles. The smallest absolute Gasteiger partial charge is 0 e. The van der Waals surface area contributed by atoms with Crippen molar-refractivity contribution in [1.29, 1.82) is 0 Å². The van der Waals surface area contributed by atoms with Crippen molar-refractivity contribution in [3.63, 3.8) is 0 Å². The van der Waals surface area contributed by atoms with Crippen molar-refractivity contribution in [2.45, 2.75) is 5.92 Å². The van der Waals surface area contributed by atoms with E-state index in [-0.39, 0.29) is 64.9 Å². The Bertz CT molecular complexity index is 849. The molecule has 0 saturated carbocycles. The number of hydrogen-bond acceptors (Lipinski definition) is 0. The van der Waals surface area contributed by atoms with Gasteiger partial charge in [-0.25, -0.2) is 0 Å². The molecule has 4 heteroatoms. The first-order valence-electron chi connectivity index (χ1n) is 7.68. The Morgan fingerprint density at radius 3 is 1.54 bits per heavy atom. The summed E-state index contributed by atoms with van der Waals surface area (Å²) in [5.41, 5.74) is 4.06. The number of rotatable bonds is 3. The molecule has 4 rings (SSSR count). The molecule has 0 nitrogen and oxygen atoms in total. The minimum atomic E-state index is 0. The van der Waals surface area contributed by atoms with Crippen LogP contribution in [0.3, 0.4) is 0 Å². The maximum absolute atomic E-state index is 2.27. The SMILES string of the molecule is Cl.Cl.Cl.[Ti].c1ccc(C(c2ccccc2)[c-]2ccc3ccccc32)cc1. The zero-order valence-electron chi connectivity index (χ0n) is 14.0. The topological polar surface area (TPSA) is 0 Å². The largest absolute Gasteiger partial charge is 0.168 e. The van der Waals surface area contributed by atoms with Gasteiger partial charge in [-0.3, -0.25) is 0 Å². The van der Waals surface area contributed by atoms with Crippen LogP contribution in [0, 0.1) is 0 Å². The zero-order valence-corrected chi connectivity index (χ0v) is 18.1. The minimum absolute atomic E-state index is 0. The van der Waals surface area contributed by atoms with E-state index in [9.17, 15) is 0 Å². The first-order chi connectivity index (χ1) is 10.9. The molecule has 0 amide bonds. The van der Waals surface area contributed by atoms with Crippen molar-refractivity contribution in [3.8, 4) is 0 Å². The molecule has 4 aromatic carbocycles. The third-order valence-corrected chi connectivity index (χ3v) is 4.29. The Balaban J connectivity index is 0.00000156. The van der Waals surface area contributed by atoms with Crippen LogP contribution in [-0.4, -0.2) is 0 Å². The second-order valence-corrected chi connectivity index (χ2v) is 5.63. The molecular formula is C22H20Cl3Ti-. The van der Waals surface area contributed by atoms with E-state index in [4.69, 9.17) is 0 Å². The summed E-state index contributed by atoms with van der Waals surface area (Å²) in [7, 11) is 0. The molecule has 134 valence electrons. The van der Waals surface area contributed by atoms with Crippen LogP contribution in [0.1, 0.15) is 22.6 Å². The molecule has 0 radical (unpaired) electrons. The maximum atomic E-state index is 2.27. The summed E-state index contributed by atoms with van der Waals surface area (Å²) in [4.78, 5) is 0. The second kappa shape index (κ2) is 11.5. The van der Waals surface area contributed by atoms with Crippen molar-refractivity contribution in [3.05, 3.63) is 114 Å². The Labute approximate surface area is 188 Å². The minimum Gasteiger partial charge on any atom is -0.168 e. The second-order valence-electron chi connectivity index (χ2n) is 5.63.